The Morgan fingerprint density at radius 2 is 1.82 bits per heavy atom. The Morgan fingerprint density at radius 3 is 2.47 bits per heavy atom. The fraction of sp³-hybridized carbons (Fsp3) is 0.400. The number of hydrogen-bond acceptors (Lipinski definition) is 2. The largest absolute Gasteiger partial charge is 0.391 e. The van der Waals surface area contributed by atoms with Crippen molar-refractivity contribution in [3.8, 4) is 0 Å². The molecule has 0 aliphatic carbocycles. The molecule has 17 heavy (non-hydrogen) atoms. The van der Waals surface area contributed by atoms with E-state index in [0.717, 1.165) is 11.3 Å². The highest BCUT2D eigenvalue weighted by molar-refractivity contribution is 5.99. The van der Waals surface area contributed by atoms with Crippen LogP contribution in [0, 0.1) is 20.8 Å². The minimum Gasteiger partial charge on any atom is -0.391 e. The van der Waals surface area contributed by atoms with Crippen molar-refractivity contribution in [2.24, 2.45) is 5.16 Å². The van der Waals surface area contributed by atoms with Crippen molar-refractivity contribution in [2.45, 2.75) is 34.6 Å². The molecule has 0 heterocycles. The van der Waals surface area contributed by atoms with Crippen molar-refractivity contribution in [3.63, 3.8) is 0 Å². The molecule has 0 spiro atoms. The summed E-state index contributed by atoms with van der Waals surface area (Å²) in [5, 5.41) is 4.13. The third kappa shape index (κ3) is 3.74. The van der Waals surface area contributed by atoms with Gasteiger partial charge in [0.1, 0.15) is 6.61 Å². The summed E-state index contributed by atoms with van der Waals surface area (Å²) in [4.78, 5) is 5.22. The third-order valence-electron chi connectivity index (χ3n) is 2.84. The van der Waals surface area contributed by atoms with E-state index in [9.17, 15) is 0 Å². The second-order valence-corrected chi connectivity index (χ2v) is 4.29. The number of allylic oxidation sites excluding steroid dienone is 1. The highest BCUT2D eigenvalue weighted by atomic mass is 16.6. The van der Waals surface area contributed by atoms with Gasteiger partial charge in [0.15, 0.2) is 0 Å². The lowest BCUT2D eigenvalue weighted by molar-refractivity contribution is 0.174. The minimum atomic E-state index is 0.526. The molecule has 0 amide bonds. The lowest BCUT2D eigenvalue weighted by Crippen LogP contribution is -2.01. The number of oxime groups is 1. The molecule has 0 aromatic heterocycles. The first-order chi connectivity index (χ1) is 8.06. The molecule has 0 N–H and O–H groups in total. The SMILES string of the molecule is C/C=C/CO/N=C(\C)c1cc(C)c(C)cc1C. The lowest BCUT2D eigenvalue weighted by Gasteiger charge is -2.09. The maximum atomic E-state index is 5.22. The zero-order valence-corrected chi connectivity index (χ0v) is 11.4. The van der Waals surface area contributed by atoms with Crippen LogP contribution in [0.1, 0.15) is 36.1 Å². The first-order valence-corrected chi connectivity index (χ1v) is 5.92. The summed E-state index contributed by atoms with van der Waals surface area (Å²) in [6.07, 6.45) is 3.89. The highest BCUT2D eigenvalue weighted by Crippen LogP contribution is 2.16. The molecule has 1 aromatic carbocycles. The van der Waals surface area contributed by atoms with Gasteiger partial charge in [-0.25, -0.2) is 0 Å². The average molecular weight is 231 g/mol. The quantitative estimate of drug-likeness (QED) is 0.333. The molecule has 0 aliphatic heterocycles. The van der Waals surface area contributed by atoms with Gasteiger partial charge in [0.25, 0.3) is 0 Å². The number of rotatable bonds is 4. The van der Waals surface area contributed by atoms with Gasteiger partial charge in [-0.05, 0) is 63.5 Å². The molecule has 0 bridgehead atoms. The molecule has 0 fully saturated rings. The summed E-state index contributed by atoms with van der Waals surface area (Å²) >= 11 is 0. The molecular weight excluding hydrogens is 210 g/mol. The molecule has 2 heteroatoms. The van der Waals surface area contributed by atoms with Gasteiger partial charge >= 0.3 is 0 Å². The Hall–Kier alpha value is -1.57. The lowest BCUT2D eigenvalue weighted by atomic mass is 9.98. The molecule has 2 nitrogen and oxygen atoms in total. The standard InChI is InChI=1S/C15H21NO/c1-6-7-8-17-16-14(5)15-10-12(3)11(2)9-13(15)4/h6-7,9-10H,8H2,1-5H3/b7-6+,16-14+. The molecular formula is C15H21NO. The van der Waals surface area contributed by atoms with Crippen molar-refractivity contribution >= 4 is 5.71 Å². The van der Waals surface area contributed by atoms with Crippen molar-refractivity contribution in [1.29, 1.82) is 0 Å². The molecule has 1 aromatic rings. The van der Waals surface area contributed by atoms with Crippen LogP contribution in [0.15, 0.2) is 29.4 Å². The first kappa shape index (κ1) is 13.5. The highest BCUT2D eigenvalue weighted by Gasteiger charge is 2.05. The van der Waals surface area contributed by atoms with Crippen LogP contribution in [0.2, 0.25) is 0 Å². The third-order valence-corrected chi connectivity index (χ3v) is 2.84. The maximum Gasteiger partial charge on any atom is 0.135 e. The van der Waals surface area contributed by atoms with E-state index in [2.05, 4.69) is 38.1 Å². The fourth-order valence-corrected chi connectivity index (χ4v) is 1.67. The van der Waals surface area contributed by atoms with Gasteiger partial charge in [-0.15, -0.1) is 0 Å². The summed E-state index contributed by atoms with van der Waals surface area (Å²) < 4.78 is 0. The Morgan fingerprint density at radius 1 is 1.18 bits per heavy atom. The number of benzene rings is 1. The van der Waals surface area contributed by atoms with Crippen LogP contribution in [0.25, 0.3) is 0 Å². The van der Waals surface area contributed by atoms with Crippen molar-refractivity contribution in [3.05, 3.63) is 46.5 Å². The van der Waals surface area contributed by atoms with Crippen LogP contribution in [0.4, 0.5) is 0 Å². The van der Waals surface area contributed by atoms with E-state index >= 15 is 0 Å². The van der Waals surface area contributed by atoms with Crippen molar-refractivity contribution in [2.75, 3.05) is 6.61 Å². The summed E-state index contributed by atoms with van der Waals surface area (Å²) in [6, 6.07) is 4.36. The summed E-state index contributed by atoms with van der Waals surface area (Å²) in [6.45, 7) is 10.8. The predicted molar refractivity (Wildman–Crippen MR) is 73.6 cm³/mol. The van der Waals surface area contributed by atoms with Gasteiger partial charge in [0, 0.05) is 5.56 Å². The molecule has 0 unspecified atom stereocenters. The van der Waals surface area contributed by atoms with Gasteiger partial charge in [0.2, 0.25) is 0 Å². The summed E-state index contributed by atoms with van der Waals surface area (Å²) in [7, 11) is 0. The topological polar surface area (TPSA) is 21.6 Å². The van der Waals surface area contributed by atoms with E-state index < -0.39 is 0 Å². The van der Waals surface area contributed by atoms with E-state index in [-0.39, 0.29) is 0 Å². The van der Waals surface area contributed by atoms with Crippen LogP contribution in [-0.4, -0.2) is 12.3 Å². The van der Waals surface area contributed by atoms with E-state index in [0.29, 0.717) is 6.61 Å². The molecule has 0 atom stereocenters. The molecule has 0 aliphatic rings. The number of nitrogens with zero attached hydrogens (tertiary/aromatic N) is 1. The monoisotopic (exact) mass is 231 g/mol. The van der Waals surface area contributed by atoms with E-state index in [1.165, 1.54) is 16.7 Å². The van der Waals surface area contributed by atoms with Gasteiger partial charge in [-0.1, -0.05) is 17.3 Å². The molecule has 1 rings (SSSR count). The minimum absolute atomic E-state index is 0.526. The molecule has 0 saturated heterocycles. The van der Waals surface area contributed by atoms with Crippen LogP contribution >= 0.6 is 0 Å². The van der Waals surface area contributed by atoms with Crippen molar-refractivity contribution in [1.82, 2.24) is 0 Å². The van der Waals surface area contributed by atoms with Gasteiger partial charge in [0.05, 0.1) is 5.71 Å². The number of aryl methyl sites for hydroxylation is 3. The van der Waals surface area contributed by atoms with Crippen LogP contribution in [0.5, 0.6) is 0 Å². The number of hydrogen-bond donors (Lipinski definition) is 0. The summed E-state index contributed by atoms with van der Waals surface area (Å²) in [5.41, 5.74) is 5.93. The van der Waals surface area contributed by atoms with E-state index in [1.807, 2.05) is 26.0 Å². The van der Waals surface area contributed by atoms with Gasteiger partial charge in [-0.2, -0.15) is 0 Å². The Balaban J connectivity index is 2.88. The second-order valence-electron chi connectivity index (χ2n) is 4.29. The zero-order valence-electron chi connectivity index (χ0n) is 11.4. The smallest absolute Gasteiger partial charge is 0.135 e. The van der Waals surface area contributed by atoms with E-state index in [1.54, 1.807) is 0 Å². The molecule has 92 valence electrons. The zero-order chi connectivity index (χ0) is 12.8. The Labute approximate surface area is 104 Å². The fourth-order valence-electron chi connectivity index (χ4n) is 1.67. The van der Waals surface area contributed by atoms with Gasteiger partial charge < -0.3 is 4.84 Å². The molecule has 0 radical (unpaired) electrons. The first-order valence-electron chi connectivity index (χ1n) is 5.92. The van der Waals surface area contributed by atoms with Gasteiger partial charge in [-0.3, -0.25) is 0 Å². The van der Waals surface area contributed by atoms with Crippen LogP contribution < -0.4 is 0 Å². The van der Waals surface area contributed by atoms with Crippen molar-refractivity contribution < 1.29 is 4.84 Å². The summed E-state index contributed by atoms with van der Waals surface area (Å²) in [5.74, 6) is 0. The average Bonchev–Trinajstić information content (AvgIpc) is 2.29. The van der Waals surface area contributed by atoms with E-state index in [4.69, 9.17) is 4.84 Å². The Kier molecular flexibility index (Phi) is 4.95. The van der Waals surface area contributed by atoms with Crippen LogP contribution in [-0.2, 0) is 4.84 Å². The Bertz CT molecular complexity index is 444. The normalized spacial score (nSPS) is 12.2. The predicted octanol–water partition coefficient (Wildman–Crippen LogP) is 3.93. The maximum absolute atomic E-state index is 5.22. The van der Waals surface area contributed by atoms with Crippen LogP contribution in [0.3, 0.4) is 0 Å². The molecule has 0 saturated carbocycles. The second kappa shape index (κ2) is 6.24.